The molecule has 0 bridgehead atoms. The SMILES string of the molecule is COC(=O)c1cc(OC)ccc1NC(=O)C1=NN(c2ccccc2)C(C(N)=O)C1. The molecule has 1 aliphatic rings. The number of para-hydroxylation sites is 1. The predicted octanol–water partition coefficient (Wildman–Crippen LogP) is 1.54. The minimum absolute atomic E-state index is 0.0414. The number of carbonyl (C=O) groups is 3. The Kier molecular flexibility index (Phi) is 5.77. The van der Waals surface area contributed by atoms with Crippen LogP contribution in [-0.2, 0) is 14.3 Å². The van der Waals surface area contributed by atoms with Crippen LogP contribution >= 0.6 is 0 Å². The first-order chi connectivity index (χ1) is 13.9. The number of anilines is 2. The van der Waals surface area contributed by atoms with Gasteiger partial charge in [-0.1, -0.05) is 18.2 Å². The Morgan fingerprint density at radius 3 is 2.48 bits per heavy atom. The molecule has 1 unspecified atom stereocenters. The molecule has 0 saturated heterocycles. The predicted molar refractivity (Wildman–Crippen MR) is 107 cm³/mol. The van der Waals surface area contributed by atoms with Crippen molar-refractivity contribution >= 4 is 34.9 Å². The quantitative estimate of drug-likeness (QED) is 0.714. The molecule has 0 spiro atoms. The number of nitrogens with zero attached hydrogens (tertiary/aromatic N) is 2. The largest absolute Gasteiger partial charge is 0.497 e. The maximum absolute atomic E-state index is 12.8. The van der Waals surface area contributed by atoms with Crippen LogP contribution in [0, 0.1) is 0 Å². The van der Waals surface area contributed by atoms with Crippen molar-refractivity contribution in [2.45, 2.75) is 12.5 Å². The van der Waals surface area contributed by atoms with Crippen molar-refractivity contribution in [3.05, 3.63) is 54.1 Å². The number of hydrazone groups is 1. The highest BCUT2D eigenvalue weighted by Gasteiger charge is 2.35. The molecule has 2 aromatic rings. The number of rotatable bonds is 6. The van der Waals surface area contributed by atoms with Crippen molar-refractivity contribution in [2.24, 2.45) is 10.8 Å². The van der Waals surface area contributed by atoms with E-state index < -0.39 is 23.8 Å². The average molecular weight is 396 g/mol. The highest BCUT2D eigenvalue weighted by atomic mass is 16.5. The third-order valence-corrected chi connectivity index (χ3v) is 4.40. The molecular weight excluding hydrogens is 376 g/mol. The molecule has 1 heterocycles. The molecule has 3 rings (SSSR count). The third-order valence-electron chi connectivity index (χ3n) is 4.40. The van der Waals surface area contributed by atoms with Gasteiger partial charge in [0, 0.05) is 6.42 Å². The lowest BCUT2D eigenvalue weighted by Crippen LogP contribution is -2.39. The lowest BCUT2D eigenvalue weighted by atomic mass is 10.1. The van der Waals surface area contributed by atoms with E-state index in [1.54, 1.807) is 30.3 Å². The monoisotopic (exact) mass is 396 g/mol. The Balaban J connectivity index is 1.87. The first-order valence-corrected chi connectivity index (χ1v) is 8.73. The van der Waals surface area contributed by atoms with Crippen LogP contribution in [0.15, 0.2) is 53.6 Å². The third kappa shape index (κ3) is 4.18. The van der Waals surface area contributed by atoms with E-state index in [0.29, 0.717) is 11.4 Å². The molecule has 2 aromatic carbocycles. The van der Waals surface area contributed by atoms with Crippen LogP contribution in [0.1, 0.15) is 16.8 Å². The van der Waals surface area contributed by atoms with Crippen molar-refractivity contribution in [3.63, 3.8) is 0 Å². The molecular formula is C20H20N4O5. The normalized spacial score (nSPS) is 15.4. The number of methoxy groups -OCH3 is 2. The van der Waals surface area contributed by atoms with Gasteiger partial charge < -0.3 is 20.5 Å². The van der Waals surface area contributed by atoms with Gasteiger partial charge in [0.15, 0.2) is 0 Å². The number of benzene rings is 2. The molecule has 150 valence electrons. The van der Waals surface area contributed by atoms with Gasteiger partial charge in [0.2, 0.25) is 5.91 Å². The van der Waals surface area contributed by atoms with Gasteiger partial charge in [0.25, 0.3) is 5.91 Å². The minimum Gasteiger partial charge on any atom is -0.497 e. The highest BCUT2D eigenvalue weighted by molar-refractivity contribution is 6.44. The van der Waals surface area contributed by atoms with Crippen LogP contribution in [0.3, 0.4) is 0 Å². The fraction of sp³-hybridized carbons (Fsp3) is 0.200. The molecule has 1 atom stereocenters. The number of hydrogen-bond acceptors (Lipinski definition) is 7. The maximum Gasteiger partial charge on any atom is 0.340 e. The Bertz CT molecular complexity index is 974. The number of nitrogens with two attached hydrogens (primary N) is 1. The van der Waals surface area contributed by atoms with Gasteiger partial charge in [0.1, 0.15) is 17.5 Å². The summed E-state index contributed by atoms with van der Waals surface area (Å²) in [6.07, 6.45) is 0.0414. The Morgan fingerprint density at radius 2 is 1.86 bits per heavy atom. The molecule has 2 amide bonds. The number of nitrogens with one attached hydrogen (secondary N) is 1. The summed E-state index contributed by atoms with van der Waals surface area (Å²) < 4.78 is 9.87. The number of primary amides is 1. The molecule has 0 aliphatic carbocycles. The molecule has 3 N–H and O–H groups in total. The van der Waals surface area contributed by atoms with Crippen molar-refractivity contribution in [2.75, 3.05) is 24.5 Å². The number of carbonyl (C=O) groups excluding carboxylic acids is 3. The average Bonchev–Trinajstić information content (AvgIpc) is 3.20. The van der Waals surface area contributed by atoms with E-state index in [-0.39, 0.29) is 23.4 Å². The van der Waals surface area contributed by atoms with E-state index in [9.17, 15) is 14.4 Å². The Morgan fingerprint density at radius 1 is 1.14 bits per heavy atom. The van der Waals surface area contributed by atoms with Gasteiger partial charge in [-0.15, -0.1) is 0 Å². The fourth-order valence-electron chi connectivity index (χ4n) is 2.92. The number of hydrogen-bond donors (Lipinski definition) is 2. The smallest absolute Gasteiger partial charge is 0.340 e. The summed E-state index contributed by atoms with van der Waals surface area (Å²) in [5.41, 5.74) is 6.61. The highest BCUT2D eigenvalue weighted by Crippen LogP contribution is 2.26. The van der Waals surface area contributed by atoms with Gasteiger partial charge >= 0.3 is 5.97 Å². The van der Waals surface area contributed by atoms with E-state index >= 15 is 0 Å². The molecule has 9 nitrogen and oxygen atoms in total. The summed E-state index contributed by atoms with van der Waals surface area (Å²) >= 11 is 0. The summed E-state index contributed by atoms with van der Waals surface area (Å²) in [7, 11) is 2.70. The van der Waals surface area contributed by atoms with E-state index in [4.69, 9.17) is 15.2 Å². The molecule has 0 radical (unpaired) electrons. The zero-order valence-corrected chi connectivity index (χ0v) is 15.9. The van der Waals surface area contributed by atoms with Crippen molar-refractivity contribution in [3.8, 4) is 5.75 Å². The van der Waals surface area contributed by atoms with Crippen LogP contribution < -0.4 is 20.8 Å². The summed E-state index contributed by atoms with van der Waals surface area (Å²) in [5.74, 6) is -1.34. The number of ether oxygens (including phenoxy) is 2. The molecule has 29 heavy (non-hydrogen) atoms. The Labute approximate surface area is 167 Å². The van der Waals surface area contributed by atoms with Gasteiger partial charge in [-0.05, 0) is 30.3 Å². The van der Waals surface area contributed by atoms with Crippen LogP contribution in [0.25, 0.3) is 0 Å². The van der Waals surface area contributed by atoms with Crippen molar-refractivity contribution < 1.29 is 23.9 Å². The standard InChI is InChI=1S/C20H20N4O5/c1-28-13-8-9-15(14(10-13)20(27)29-2)22-19(26)16-11-17(18(21)25)24(23-16)12-6-4-3-5-7-12/h3-10,17H,11H2,1-2H3,(H2,21,25)(H,22,26). The van der Waals surface area contributed by atoms with Crippen LogP contribution in [0.2, 0.25) is 0 Å². The summed E-state index contributed by atoms with van der Waals surface area (Å²) in [5, 5.41) is 8.35. The Hall–Kier alpha value is -3.88. The zero-order chi connectivity index (χ0) is 21.0. The molecule has 1 aliphatic heterocycles. The topological polar surface area (TPSA) is 123 Å². The molecule has 9 heteroatoms. The van der Waals surface area contributed by atoms with Crippen LogP contribution in [0.5, 0.6) is 5.75 Å². The first kappa shape index (κ1) is 19.9. The van der Waals surface area contributed by atoms with E-state index in [1.165, 1.54) is 31.4 Å². The maximum atomic E-state index is 12.8. The molecule has 0 aromatic heterocycles. The second kappa shape index (κ2) is 8.42. The van der Waals surface area contributed by atoms with Gasteiger partial charge in [-0.2, -0.15) is 5.10 Å². The number of amides is 2. The van der Waals surface area contributed by atoms with Crippen LogP contribution in [-0.4, -0.2) is 43.8 Å². The lowest BCUT2D eigenvalue weighted by molar-refractivity contribution is -0.119. The first-order valence-electron chi connectivity index (χ1n) is 8.73. The number of esters is 1. The van der Waals surface area contributed by atoms with Gasteiger partial charge in [0.05, 0.1) is 31.2 Å². The van der Waals surface area contributed by atoms with Crippen molar-refractivity contribution in [1.29, 1.82) is 0 Å². The van der Waals surface area contributed by atoms with Gasteiger partial charge in [-0.3, -0.25) is 14.6 Å². The second-order valence-corrected chi connectivity index (χ2v) is 6.21. The summed E-state index contributed by atoms with van der Waals surface area (Å²) in [6.45, 7) is 0. The molecule has 0 saturated carbocycles. The van der Waals surface area contributed by atoms with E-state index in [1.807, 2.05) is 6.07 Å². The van der Waals surface area contributed by atoms with E-state index in [0.717, 1.165) is 0 Å². The van der Waals surface area contributed by atoms with Crippen molar-refractivity contribution in [1.82, 2.24) is 0 Å². The fourth-order valence-corrected chi connectivity index (χ4v) is 2.92. The van der Waals surface area contributed by atoms with Gasteiger partial charge in [-0.25, -0.2) is 4.79 Å². The second-order valence-electron chi connectivity index (χ2n) is 6.21. The van der Waals surface area contributed by atoms with Crippen LogP contribution in [0.4, 0.5) is 11.4 Å². The summed E-state index contributed by atoms with van der Waals surface area (Å²) in [6, 6.07) is 12.7. The summed E-state index contributed by atoms with van der Waals surface area (Å²) in [4.78, 5) is 36.7. The lowest BCUT2D eigenvalue weighted by Gasteiger charge is -2.20. The minimum atomic E-state index is -0.783. The molecule has 0 fully saturated rings. The van der Waals surface area contributed by atoms with E-state index in [2.05, 4.69) is 10.4 Å². The zero-order valence-electron chi connectivity index (χ0n) is 15.9.